The molecule has 0 saturated carbocycles. The molecular weight excluding hydrogens is 262 g/mol. The normalized spacial score (nSPS) is 14.5. The van der Waals surface area contributed by atoms with Gasteiger partial charge in [-0.05, 0) is 11.4 Å². The molecule has 0 atom stereocenters. The molecule has 3 aromatic rings. The zero-order valence-corrected chi connectivity index (χ0v) is 10.9. The highest BCUT2D eigenvalue weighted by Gasteiger charge is 2.20. The van der Waals surface area contributed by atoms with Crippen LogP contribution in [0.15, 0.2) is 27.5 Å². The van der Waals surface area contributed by atoms with Crippen molar-refractivity contribution in [1.29, 1.82) is 0 Å². The largest absolute Gasteiger partial charge is 0.333 e. The van der Waals surface area contributed by atoms with Gasteiger partial charge in [-0.3, -0.25) is 4.68 Å². The summed E-state index contributed by atoms with van der Waals surface area (Å²) < 4.78 is 7.35. The molecule has 3 aromatic heterocycles. The van der Waals surface area contributed by atoms with E-state index >= 15 is 0 Å². The summed E-state index contributed by atoms with van der Waals surface area (Å²) in [7, 11) is 0. The van der Waals surface area contributed by atoms with Gasteiger partial charge in [0.15, 0.2) is 0 Å². The average molecular weight is 273 g/mol. The van der Waals surface area contributed by atoms with Crippen molar-refractivity contribution in [2.45, 2.75) is 13.1 Å². The fourth-order valence-electron chi connectivity index (χ4n) is 2.20. The van der Waals surface area contributed by atoms with Crippen LogP contribution in [0.2, 0.25) is 0 Å². The molecule has 6 nitrogen and oxygen atoms in total. The lowest BCUT2D eigenvalue weighted by molar-refractivity contribution is 0.430. The van der Waals surface area contributed by atoms with Gasteiger partial charge in [-0.1, -0.05) is 5.16 Å². The van der Waals surface area contributed by atoms with Crippen LogP contribution in [-0.4, -0.2) is 26.5 Å². The van der Waals surface area contributed by atoms with E-state index in [1.54, 1.807) is 17.5 Å². The van der Waals surface area contributed by atoms with Gasteiger partial charge in [-0.25, -0.2) is 0 Å². The van der Waals surface area contributed by atoms with Crippen molar-refractivity contribution < 1.29 is 4.52 Å². The summed E-state index contributed by atoms with van der Waals surface area (Å²) >= 11 is 1.62. The van der Waals surface area contributed by atoms with Gasteiger partial charge < -0.3 is 9.84 Å². The summed E-state index contributed by atoms with van der Waals surface area (Å²) in [5.41, 5.74) is 3.01. The van der Waals surface area contributed by atoms with Crippen molar-refractivity contribution >= 4 is 11.3 Å². The average Bonchev–Trinajstić information content (AvgIpc) is 3.18. The first-order valence-electron chi connectivity index (χ1n) is 6.04. The Labute approximate surface area is 113 Å². The van der Waals surface area contributed by atoms with E-state index in [-0.39, 0.29) is 0 Å². The highest BCUT2D eigenvalue weighted by atomic mass is 32.1. The van der Waals surface area contributed by atoms with Gasteiger partial charge in [0.1, 0.15) is 0 Å². The fraction of sp³-hybridized carbons (Fsp3) is 0.250. The van der Waals surface area contributed by atoms with Gasteiger partial charge in [0, 0.05) is 24.0 Å². The minimum Gasteiger partial charge on any atom is -0.333 e. The number of rotatable bonds is 2. The summed E-state index contributed by atoms with van der Waals surface area (Å²) in [4.78, 5) is 4.45. The van der Waals surface area contributed by atoms with Crippen molar-refractivity contribution in [3.63, 3.8) is 0 Å². The quantitative estimate of drug-likeness (QED) is 0.770. The van der Waals surface area contributed by atoms with Gasteiger partial charge in [-0.15, -0.1) is 0 Å². The zero-order valence-electron chi connectivity index (χ0n) is 10.0. The van der Waals surface area contributed by atoms with E-state index in [1.807, 2.05) is 21.5 Å². The first-order chi connectivity index (χ1) is 9.42. The third kappa shape index (κ3) is 1.78. The fourth-order valence-corrected chi connectivity index (χ4v) is 2.84. The molecule has 0 amide bonds. The first-order valence-corrected chi connectivity index (χ1v) is 6.98. The number of nitrogens with zero attached hydrogens (tertiary/aromatic N) is 4. The van der Waals surface area contributed by atoms with Crippen molar-refractivity contribution in [1.82, 2.24) is 25.2 Å². The second-order valence-corrected chi connectivity index (χ2v) is 5.12. The van der Waals surface area contributed by atoms with Crippen LogP contribution in [0.1, 0.15) is 5.69 Å². The monoisotopic (exact) mass is 273 g/mol. The van der Waals surface area contributed by atoms with E-state index in [0.29, 0.717) is 11.7 Å². The van der Waals surface area contributed by atoms with Gasteiger partial charge in [0.05, 0.1) is 24.0 Å². The molecule has 0 fully saturated rings. The maximum Gasteiger partial charge on any atom is 0.261 e. The van der Waals surface area contributed by atoms with Crippen LogP contribution in [0.3, 0.4) is 0 Å². The minimum atomic E-state index is 0.533. The Balaban J connectivity index is 1.75. The number of hydrogen-bond donors (Lipinski definition) is 1. The molecule has 1 N–H and O–H groups in total. The van der Waals surface area contributed by atoms with Crippen molar-refractivity contribution in [2.75, 3.05) is 6.54 Å². The summed E-state index contributed by atoms with van der Waals surface area (Å²) in [6.07, 6.45) is 1.80. The Hall–Kier alpha value is -1.99. The first kappa shape index (κ1) is 10.9. The molecule has 0 unspecified atom stereocenters. The van der Waals surface area contributed by atoms with E-state index in [4.69, 9.17) is 4.52 Å². The molecule has 0 bridgehead atoms. The van der Waals surface area contributed by atoms with Crippen molar-refractivity contribution in [3.8, 4) is 22.8 Å². The van der Waals surface area contributed by atoms with Crippen LogP contribution >= 0.6 is 11.3 Å². The van der Waals surface area contributed by atoms with Crippen LogP contribution < -0.4 is 5.32 Å². The van der Waals surface area contributed by atoms with Gasteiger partial charge >= 0.3 is 0 Å². The number of nitrogens with one attached hydrogen (secondary N) is 1. The predicted molar refractivity (Wildman–Crippen MR) is 70.5 cm³/mol. The number of thiophene rings is 1. The second kappa shape index (κ2) is 4.29. The lowest BCUT2D eigenvalue weighted by atomic mass is 10.2. The second-order valence-electron chi connectivity index (χ2n) is 4.34. The van der Waals surface area contributed by atoms with E-state index in [0.717, 1.165) is 36.5 Å². The Kier molecular flexibility index (Phi) is 2.46. The Morgan fingerprint density at radius 1 is 1.42 bits per heavy atom. The summed E-state index contributed by atoms with van der Waals surface area (Å²) in [6, 6.07) is 1.98. The summed E-state index contributed by atoms with van der Waals surface area (Å²) in [5, 5.41) is 15.7. The maximum absolute atomic E-state index is 5.36. The number of hydrogen-bond acceptors (Lipinski definition) is 6. The van der Waals surface area contributed by atoms with Crippen LogP contribution in [0.4, 0.5) is 0 Å². The molecule has 0 radical (unpaired) electrons. The molecule has 1 aliphatic heterocycles. The molecule has 0 spiro atoms. The van der Waals surface area contributed by atoms with Gasteiger partial charge in [0.25, 0.3) is 5.89 Å². The number of aromatic nitrogens is 4. The molecule has 0 saturated heterocycles. The predicted octanol–water partition coefficient (Wildman–Crippen LogP) is 1.76. The van der Waals surface area contributed by atoms with Crippen LogP contribution in [0.25, 0.3) is 22.8 Å². The maximum atomic E-state index is 5.36. The van der Waals surface area contributed by atoms with E-state index in [2.05, 4.69) is 20.6 Å². The van der Waals surface area contributed by atoms with Crippen molar-refractivity contribution in [3.05, 3.63) is 28.7 Å². The summed E-state index contributed by atoms with van der Waals surface area (Å²) in [6.45, 7) is 2.60. The topological polar surface area (TPSA) is 68.8 Å². The molecule has 4 heterocycles. The van der Waals surface area contributed by atoms with Crippen molar-refractivity contribution in [2.24, 2.45) is 0 Å². The van der Waals surface area contributed by atoms with E-state index in [9.17, 15) is 0 Å². The van der Waals surface area contributed by atoms with Crippen LogP contribution in [-0.2, 0) is 13.1 Å². The van der Waals surface area contributed by atoms with Crippen LogP contribution in [0, 0.1) is 0 Å². The Morgan fingerprint density at radius 2 is 2.42 bits per heavy atom. The molecule has 0 aliphatic carbocycles. The van der Waals surface area contributed by atoms with E-state index in [1.165, 1.54) is 0 Å². The molecule has 4 rings (SSSR count). The zero-order chi connectivity index (χ0) is 12.7. The standard InChI is InChI=1S/C12H11N5OS/c1-4-19-7-8(1)11-15-12(18-16-11)9-5-14-17-3-2-13-6-10(9)17/h1,4-5,7,13H,2-3,6H2. The van der Waals surface area contributed by atoms with Gasteiger partial charge in [-0.2, -0.15) is 21.4 Å². The summed E-state index contributed by atoms with van der Waals surface area (Å²) in [5.74, 6) is 1.16. The van der Waals surface area contributed by atoms with Gasteiger partial charge in [0.2, 0.25) is 5.82 Å². The third-order valence-corrected chi connectivity index (χ3v) is 3.86. The SMILES string of the molecule is c1cc(-c2noc(-c3cnn4c3CNCC4)n2)cs1. The minimum absolute atomic E-state index is 0.533. The third-order valence-electron chi connectivity index (χ3n) is 3.18. The van der Waals surface area contributed by atoms with E-state index < -0.39 is 0 Å². The lowest BCUT2D eigenvalue weighted by Crippen LogP contribution is -2.28. The Morgan fingerprint density at radius 3 is 3.32 bits per heavy atom. The molecule has 7 heteroatoms. The Bertz CT molecular complexity index is 700. The molecule has 0 aromatic carbocycles. The molecule has 1 aliphatic rings. The number of fused-ring (bicyclic) bond motifs is 1. The highest BCUT2D eigenvalue weighted by molar-refractivity contribution is 7.08. The van der Waals surface area contributed by atoms with Crippen LogP contribution in [0.5, 0.6) is 0 Å². The highest BCUT2D eigenvalue weighted by Crippen LogP contribution is 2.26. The smallest absolute Gasteiger partial charge is 0.261 e. The lowest BCUT2D eigenvalue weighted by Gasteiger charge is -2.15. The molecule has 96 valence electrons. The molecular formula is C12H11N5OS. The molecule has 19 heavy (non-hydrogen) atoms.